The molecule has 19 heavy (non-hydrogen) atoms. The zero-order valence-electron chi connectivity index (χ0n) is 10.8. The van der Waals surface area contributed by atoms with E-state index in [0.717, 1.165) is 11.3 Å². The van der Waals surface area contributed by atoms with Gasteiger partial charge in [0.05, 0.1) is 12.7 Å². The summed E-state index contributed by atoms with van der Waals surface area (Å²) in [6.45, 7) is 3.85. The smallest absolute Gasteiger partial charge is 0.264 e. The van der Waals surface area contributed by atoms with Gasteiger partial charge in [0.1, 0.15) is 5.75 Å². The molecule has 0 aromatic heterocycles. The summed E-state index contributed by atoms with van der Waals surface area (Å²) >= 11 is 5.95. The number of nitrogens with zero attached hydrogens (tertiary/aromatic N) is 1. The summed E-state index contributed by atoms with van der Waals surface area (Å²) in [6.07, 6.45) is 0.273. The Bertz CT molecular complexity index is 505. The Morgan fingerprint density at radius 1 is 1.47 bits per heavy atom. The Kier molecular flexibility index (Phi) is 3.37. The van der Waals surface area contributed by atoms with E-state index >= 15 is 0 Å². The number of hydrogen-bond donors (Lipinski definition) is 0. The third-order valence-corrected chi connectivity index (χ3v) is 3.76. The van der Waals surface area contributed by atoms with Crippen molar-refractivity contribution < 1.29 is 14.3 Å². The van der Waals surface area contributed by atoms with Crippen molar-refractivity contribution in [1.82, 2.24) is 4.90 Å². The van der Waals surface area contributed by atoms with E-state index in [2.05, 4.69) is 0 Å². The minimum absolute atomic E-state index is 0.0440. The number of carbonyl (C=O) groups is 1. The first kappa shape index (κ1) is 12.8. The van der Waals surface area contributed by atoms with Crippen LogP contribution in [0.2, 0.25) is 5.02 Å². The number of ether oxygens (including phenoxy) is 2. The molecule has 0 aliphatic carbocycles. The number of amides is 1. The molecule has 2 aliphatic heterocycles. The molecular formula is C14H16ClNO3. The van der Waals surface area contributed by atoms with Gasteiger partial charge in [-0.1, -0.05) is 11.6 Å². The van der Waals surface area contributed by atoms with E-state index in [1.807, 2.05) is 24.0 Å². The quantitative estimate of drug-likeness (QED) is 0.789. The molecule has 0 saturated carbocycles. The molecule has 1 amide bonds. The topological polar surface area (TPSA) is 38.8 Å². The molecule has 1 aromatic carbocycles. The summed E-state index contributed by atoms with van der Waals surface area (Å²) in [4.78, 5) is 14.2. The fourth-order valence-corrected chi connectivity index (χ4v) is 2.77. The maximum atomic E-state index is 12.4. The van der Waals surface area contributed by atoms with E-state index in [-0.39, 0.29) is 12.0 Å². The average Bonchev–Trinajstić information content (AvgIpc) is 2.80. The van der Waals surface area contributed by atoms with E-state index in [9.17, 15) is 4.79 Å². The van der Waals surface area contributed by atoms with Crippen LogP contribution in [0.25, 0.3) is 0 Å². The summed E-state index contributed by atoms with van der Waals surface area (Å²) in [5, 5.41) is 0.676. The average molecular weight is 282 g/mol. The highest BCUT2D eigenvalue weighted by atomic mass is 35.5. The first-order chi connectivity index (χ1) is 9.13. The standard InChI is InChI=1S/C14H16ClNO3/c1-9-8-16(4-5-18-9)14(17)13-7-10-6-11(15)2-3-12(10)19-13/h2-3,6,9,13H,4-5,7-8H2,1H3/t9-,13-/m1/s1. The lowest BCUT2D eigenvalue weighted by molar-refractivity contribution is -0.144. The van der Waals surface area contributed by atoms with Crippen LogP contribution in [0.3, 0.4) is 0 Å². The Labute approximate surface area is 117 Å². The van der Waals surface area contributed by atoms with Crippen LogP contribution in [0.4, 0.5) is 0 Å². The normalized spacial score (nSPS) is 25.9. The molecule has 2 atom stereocenters. The van der Waals surface area contributed by atoms with E-state index in [0.29, 0.717) is 31.1 Å². The highest BCUT2D eigenvalue weighted by molar-refractivity contribution is 6.30. The van der Waals surface area contributed by atoms with Crippen molar-refractivity contribution in [3.63, 3.8) is 0 Å². The van der Waals surface area contributed by atoms with Gasteiger partial charge in [-0.2, -0.15) is 0 Å². The van der Waals surface area contributed by atoms with Crippen LogP contribution in [0.5, 0.6) is 5.75 Å². The molecule has 102 valence electrons. The van der Waals surface area contributed by atoms with Gasteiger partial charge in [0.15, 0.2) is 6.10 Å². The molecule has 0 unspecified atom stereocenters. The molecular weight excluding hydrogens is 266 g/mol. The third-order valence-electron chi connectivity index (χ3n) is 3.53. The predicted molar refractivity (Wildman–Crippen MR) is 71.6 cm³/mol. The minimum atomic E-state index is -0.418. The van der Waals surface area contributed by atoms with Crippen molar-refractivity contribution >= 4 is 17.5 Å². The van der Waals surface area contributed by atoms with Crippen LogP contribution in [0, 0.1) is 0 Å². The fourth-order valence-electron chi connectivity index (χ4n) is 2.58. The zero-order valence-corrected chi connectivity index (χ0v) is 11.5. The monoisotopic (exact) mass is 281 g/mol. The van der Waals surface area contributed by atoms with Gasteiger partial charge < -0.3 is 14.4 Å². The maximum absolute atomic E-state index is 12.4. The van der Waals surface area contributed by atoms with Gasteiger partial charge in [-0.05, 0) is 30.7 Å². The second-order valence-corrected chi connectivity index (χ2v) is 5.46. The van der Waals surface area contributed by atoms with Crippen molar-refractivity contribution in [2.45, 2.75) is 25.6 Å². The second-order valence-electron chi connectivity index (χ2n) is 5.03. The summed E-state index contributed by atoms with van der Waals surface area (Å²) in [6, 6.07) is 5.48. The lowest BCUT2D eigenvalue weighted by atomic mass is 10.1. The number of hydrogen-bond acceptors (Lipinski definition) is 3. The van der Waals surface area contributed by atoms with E-state index in [1.165, 1.54) is 0 Å². The number of halogens is 1. The Balaban J connectivity index is 1.70. The van der Waals surface area contributed by atoms with Gasteiger partial charge in [-0.3, -0.25) is 4.79 Å². The largest absolute Gasteiger partial charge is 0.480 e. The number of benzene rings is 1. The molecule has 1 aromatic rings. The Morgan fingerprint density at radius 3 is 3.11 bits per heavy atom. The third kappa shape index (κ3) is 2.55. The van der Waals surface area contributed by atoms with E-state index in [1.54, 1.807) is 6.07 Å². The highest BCUT2D eigenvalue weighted by Crippen LogP contribution is 2.31. The predicted octanol–water partition coefficient (Wildman–Crippen LogP) is 1.89. The van der Waals surface area contributed by atoms with Crippen LogP contribution in [0.1, 0.15) is 12.5 Å². The summed E-state index contributed by atoms with van der Waals surface area (Å²) in [5.74, 6) is 0.812. The molecule has 2 heterocycles. The van der Waals surface area contributed by atoms with Crippen molar-refractivity contribution in [3.05, 3.63) is 28.8 Å². The molecule has 2 aliphatic rings. The highest BCUT2D eigenvalue weighted by Gasteiger charge is 2.34. The second kappa shape index (κ2) is 5.02. The number of morpholine rings is 1. The molecule has 0 spiro atoms. The fraction of sp³-hybridized carbons (Fsp3) is 0.500. The van der Waals surface area contributed by atoms with Gasteiger partial charge in [0, 0.05) is 24.5 Å². The molecule has 1 fully saturated rings. The molecule has 5 heteroatoms. The number of carbonyl (C=O) groups excluding carboxylic acids is 1. The molecule has 3 rings (SSSR count). The molecule has 1 saturated heterocycles. The lowest BCUT2D eigenvalue weighted by Gasteiger charge is -2.32. The first-order valence-corrected chi connectivity index (χ1v) is 6.87. The molecule has 0 radical (unpaired) electrons. The lowest BCUT2D eigenvalue weighted by Crippen LogP contribution is -2.49. The van der Waals surface area contributed by atoms with Crippen LogP contribution in [-0.4, -0.2) is 42.7 Å². The minimum Gasteiger partial charge on any atom is -0.480 e. The van der Waals surface area contributed by atoms with Crippen molar-refractivity contribution in [2.75, 3.05) is 19.7 Å². The van der Waals surface area contributed by atoms with Crippen LogP contribution in [0.15, 0.2) is 18.2 Å². The zero-order chi connectivity index (χ0) is 13.4. The van der Waals surface area contributed by atoms with Gasteiger partial charge in [-0.15, -0.1) is 0 Å². The molecule has 0 N–H and O–H groups in total. The van der Waals surface area contributed by atoms with Crippen LogP contribution in [-0.2, 0) is 16.0 Å². The first-order valence-electron chi connectivity index (χ1n) is 6.49. The Hall–Kier alpha value is -1.26. The number of fused-ring (bicyclic) bond motifs is 1. The summed E-state index contributed by atoms with van der Waals surface area (Å²) in [5.41, 5.74) is 1.01. The van der Waals surface area contributed by atoms with Crippen molar-refractivity contribution in [2.24, 2.45) is 0 Å². The summed E-state index contributed by atoms with van der Waals surface area (Å²) in [7, 11) is 0. The van der Waals surface area contributed by atoms with E-state index in [4.69, 9.17) is 21.1 Å². The van der Waals surface area contributed by atoms with Gasteiger partial charge in [-0.25, -0.2) is 0 Å². The molecule has 4 nitrogen and oxygen atoms in total. The van der Waals surface area contributed by atoms with Crippen LogP contribution < -0.4 is 4.74 Å². The van der Waals surface area contributed by atoms with Gasteiger partial charge >= 0.3 is 0 Å². The maximum Gasteiger partial charge on any atom is 0.264 e. The van der Waals surface area contributed by atoms with Crippen molar-refractivity contribution in [3.8, 4) is 5.75 Å². The molecule has 0 bridgehead atoms. The summed E-state index contributed by atoms with van der Waals surface area (Å²) < 4.78 is 11.2. The SMILES string of the molecule is C[C@@H]1CN(C(=O)[C@H]2Cc3cc(Cl)ccc3O2)CCO1. The van der Waals surface area contributed by atoms with Crippen molar-refractivity contribution in [1.29, 1.82) is 0 Å². The van der Waals surface area contributed by atoms with Gasteiger partial charge in [0.2, 0.25) is 0 Å². The van der Waals surface area contributed by atoms with E-state index < -0.39 is 6.10 Å². The van der Waals surface area contributed by atoms with Crippen LogP contribution >= 0.6 is 11.6 Å². The Morgan fingerprint density at radius 2 is 2.32 bits per heavy atom. The van der Waals surface area contributed by atoms with Gasteiger partial charge in [0.25, 0.3) is 5.91 Å². The number of rotatable bonds is 1.